The molecule has 0 radical (unpaired) electrons. The summed E-state index contributed by atoms with van der Waals surface area (Å²) in [6.07, 6.45) is 0.902. The number of nitrogens with two attached hydrogens (primary N) is 1. The van der Waals surface area contributed by atoms with Crippen LogP contribution in [0.25, 0.3) is 0 Å². The molecule has 0 aliphatic carbocycles. The molecule has 0 fully saturated rings. The normalized spacial score (nSPS) is 13.9. The molecular weight excluding hydrogens is 246 g/mol. The van der Waals surface area contributed by atoms with E-state index < -0.39 is 0 Å². The second-order valence-electron chi connectivity index (χ2n) is 4.82. The molecule has 1 aliphatic heterocycles. The van der Waals surface area contributed by atoms with Crippen molar-refractivity contribution in [1.29, 1.82) is 0 Å². The predicted molar refractivity (Wildman–Crippen MR) is 81.1 cm³/mol. The average Bonchev–Trinajstić information content (AvgIpc) is 2.82. The van der Waals surface area contributed by atoms with E-state index in [0.717, 1.165) is 31.0 Å². The molecule has 0 unspecified atom stereocenters. The molecule has 0 saturated carbocycles. The molecule has 4 heteroatoms. The number of aliphatic imine (C=N–C) groups is 1. The summed E-state index contributed by atoms with van der Waals surface area (Å²) in [5.74, 6) is 1.11. The average molecular weight is 268 g/mol. The maximum atomic E-state index is 6.11. The largest absolute Gasteiger partial charge is 0.398 e. The Balaban J connectivity index is 0.00000162. The molecule has 0 atom stereocenters. The van der Waals surface area contributed by atoms with Crippen LogP contribution >= 0.6 is 12.4 Å². The summed E-state index contributed by atoms with van der Waals surface area (Å²) < 4.78 is 0. The van der Waals surface area contributed by atoms with Gasteiger partial charge in [-0.15, -0.1) is 12.4 Å². The van der Waals surface area contributed by atoms with Crippen molar-refractivity contribution in [3.8, 4) is 0 Å². The Bertz CT molecular complexity index is 463. The highest BCUT2D eigenvalue weighted by Crippen LogP contribution is 2.28. The molecule has 1 aromatic carbocycles. The maximum absolute atomic E-state index is 6.11. The van der Waals surface area contributed by atoms with Crippen LogP contribution in [0.1, 0.15) is 27.8 Å². The monoisotopic (exact) mass is 267 g/mol. The molecule has 18 heavy (non-hydrogen) atoms. The van der Waals surface area contributed by atoms with Crippen LogP contribution in [0.3, 0.4) is 0 Å². The molecule has 1 aliphatic rings. The highest BCUT2D eigenvalue weighted by atomic mass is 35.5. The van der Waals surface area contributed by atoms with Crippen molar-refractivity contribution in [3.05, 3.63) is 27.8 Å². The molecule has 1 aromatic rings. The number of nitrogen functional groups attached to an aromatic ring is 1. The van der Waals surface area contributed by atoms with Gasteiger partial charge in [-0.3, -0.25) is 4.99 Å². The number of amidine groups is 1. The quantitative estimate of drug-likeness (QED) is 0.809. The van der Waals surface area contributed by atoms with Gasteiger partial charge in [-0.1, -0.05) is 0 Å². The van der Waals surface area contributed by atoms with Crippen LogP contribution in [0.2, 0.25) is 0 Å². The number of anilines is 1. The third kappa shape index (κ3) is 2.46. The molecule has 0 bridgehead atoms. The number of nitrogens with zero attached hydrogens (tertiary/aromatic N) is 1. The second kappa shape index (κ2) is 5.61. The van der Waals surface area contributed by atoms with Gasteiger partial charge in [-0.25, -0.2) is 0 Å². The molecule has 1 heterocycles. The van der Waals surface area contributed by atoms with Crippen LogP contribution in [0.15, 0.2) is 4.99 Å². The number of hydrogen-bond donors (Lipinski definition) is 2. The zero-order valence-electron chi connectivity index (χ0n) is 11.6. The van der Waals surface area contributed by atoms with Crippen molar-refractivity contribution >= 4 is 23.9 Å². The van der Waals surface area contributed by atoms with Crippen molar-refractivity contribution in [3.63, 3.8) is 0 Å². The van der Waals surface area contributed by atoms with Crippen molar-refractivity contribution < 1.29 is 0 Å². The molecule has 2 rings (SSSR count). The summed E-state index contributed by atoms with van der Waals surface area (Å²) in [7, 11) is 0. The van der Waals surface area contributed by atoms with E-state index in [1.807, 2.05) is 0 Å². The Hall–Kier alpha value is -1.22. The molecular formula is C14H22ClN3. The summed E-state index contributed by atoms with van der Waals surface area (Å²) >= 11 is 0. The van der Waals surface area contributed by atoms with Crippen LogP contribution < -0.4 is 11.1 Å². The summed E-state index contributed by atoms with van der Waals surface area (Å²) in [6.45, 7) is 10.4. The van der Waals surface area contributed by atoms with Gasteiger partial charge in [-0.05, 0) is 55.5 Å². The topological polar surface area (TPSA) is 50.4 Å². The smallest absolute Gasteiger partial charge is 0.101 e. The first-order chi connectivity index (χ1) is 8.02. The number of nitrogens with one attached hydrogen (secondary N) is 1. The van der Waals surface area contributed by atoms with Gasteiger partial charge in [0.2, 0.25) is 0 Å². The predicted octanol–water partition coefficient (Wildman–Crippen LogP) is 2.47. The van der Waals surface area contributed by atoms with Crippen LogP contribution in [0, 0.1) is 27.7 Å². The number of benzene rings is 1. The second-order valence-corrected chi connectivity index (χ2v) is 4.82. The highest BCUT2D eigenvalue weighted by Gasteiger charge is 2.15. The Morgan fingerprint density at radius 3 is 2.06 bits per heavy atom. The summed E-state index contributed by atoms with van der Waals surface area (Å²) in [5, 5.41) is 3.33. The third-order valence-electron chi connectivity index (χ3n) is 3.93. The van der Waals surface area contributed by atoms with E-state index in [2.05, 4.69) is 38.0 Å². The van der Waals surface area contributed by atoms with E-state index in [0.29, 0.717) is 0 Å². The Labute approximate surface area is 115 Å². The van der Waals surface area contributed by atoms with Gasteiger partial charge in [0.25, 0.3) is 0 Å². The minimum atomic E-state index is 0. The van der Waals surface area contributed by atoms with E-state index in [1.54, 1.807) is 0 Å². The van der Waals surface area contributed by atoms with Gasteiger partial charge >= 0.3 is 0 Å². The van der Waals surface area contributed by atoms with Crippen LogP contribution in [0.4, 0.5) is 5.69 Å². The minimum absolute atomic E-state index is 0. The van der Waals surface area contributed by atoms with Crippen molar-refractivity contribution in [1.82, 2.24) is 5.32 Å². The molecule has 0 aromatic heterocycles. The van der Waals surface area contributed by atoms with Crippen LogP contribution in [-0.4, -0.2) is 18.9 Å². The Morgan fingerprint density at radius 2 is 1.61 bits per heavy atom. The lowest BCUT2D eigenvalue weighted by atomic mass is 9.90. The summed E-state index contributed by atoms with van der Waals surface area (Å²) in [5.41, 5.74) is 13.5. The maximum Gasteiger partial charge on any atom is 0.101 e. The fraction of sp³-hybridized carbons (Fsp3) is 0.500. The van der Waals surface area contributed by atoms with Crippen molar-refractivity contribution in [2.45, 2.75) is 34.1 Å². The van der Waals surface area contributed by atoms with Gasteiger partial charge < -0.3 is 11.1 Å². The lowest BCUT2D eigenvalue weighted by Crippen LogP contribution is -2.22. The first kappa shape index (κ1) is 14.8. The lowest BCUT2D eigenvalue weighted by molar-refractivity contribution is 0.951. The number of hydrogen-bond acceptors (Lipinski definition) is 3. The van der Waals surface area contributed by atoms with Crippen LogP contribution in [0.5, 0.6) is 0 Å². The first-order valence-corrected chi connectivity index (χ1v) is 6.14. The number of rotatable bonds is 2. The minimum Gasteiger partial charge on any atom is -0.398 e. The Morgan fingerprint density at radius 1 is 1.06 bits per heavy atom. The fourth-order valence-electron chi connectivity index (χ4n) is 2.42. The zero-order valence-corrected chi connectivity index (χ0v) is 12.4. The van der Waals surface area contributed by atoms with E-state index in [1.165, 1.54) is 27.8 Å². The molecule has 3 N–H and O–H groups in total. The molecule has 3 nitrogen and oxygen atoms in total. The van der Waals surface area contributed by atoms with Crippen LogP contribution in [-0.2, 0) is 6.42 Å². The van der Waals surface area contributed by atoms with E-state index in [-0.39, 0.29) is 12.4 Å². The van der Waals surface area contributed by atoms with Gasteiger partial charge in [0.1, 0.15) is 5.84 Å². The lowest BCUT2D eigenvalue weighted by Gasteiger charge is -2.18. The van der Waals surface area contributed by atoms with Gasteiger partial charge in [0.15, 0.2) is 0 Å². The Kier molecular flexibility index (Phi) is 4.63. The van der Waals surface area contributed by atoms with Crippen molar-refractivity contribution in [2.24, 2.45) is 4.99 Å². The van der Waals surface area contributed by atoms with E-state index >= 15 is 0 Å². The number of halogens is 1. The molecule has 0 amide bonds. The SMILES string of the molecule is Cc1c(C)c(CC2=NCCN2)c(C)c(C)c1N.Cl. The molecule has 100 valence electrons. The first-order valence-electron chi connectivity index (χ1n) is 6.14. The van der Waals surface area contributed by atoms with E-state index in [9.17, 15) is 0 Å². The highest BCUT2D eigenvalue weighted by molar-refractivity contribution is 5.86. The molecule has 0 saturated heterocycles. The standard InChI is InChI=1S/C14H21N3.ClH/c1-8-10(3)14(15)11(4)9(2)12(8)7-13-16-5-6-17-13;/h5-7,15H2,1-4H3,(H,16,17);1H. The summed E-state index contributed by atoms with van der Waals surface area (Å²) in [4.78, 5) is 4.47. The van der Waals surface area contributed by atoms with E-state index in [4.69, 9.17) is 5.73 Å². The third-order valence-corrected chi connectivity index (χ3v) is 3.93. The van der Waals surface area contributed by atoms with Gasteiger partial charge in [-0.2, -0.15) is 0 Å². The molecule has 0 spiro atoms. The van der Waals surface area contributed by atoms with Gasteiger partial charge in [0.05, 0.1) is 6.54 Å². The zero-order chi connectivity index (χ0) is 12.6. The fourth-order valence-corrected chi connectivity index (χ4v) is 2.42. The van der Waals surface area contributed by atoms with Gasteiger partial charge in [0, 0.05) is 18.7 Å². The summed E-state index contributed by atoms with van der Waals surface area (Å²) in [6, 6.07) is 0. The van der Waals surface area contributed by atoms with Crippen molar-refractivity contribution in [2.75, 3.05) is 18.8 Å².